The lowest BCUT2D eigenvalue weighted by atomic mass is 10.3. The lowest BCUT2D eigenvalue weighted by molar-refractivity contribution is -0.121. The van der Waals surface area contributed by atoms with Gasteiger partial charge < -0.3 is 20.4 Å². The van der Waals surface area contributed by atoms with Gasteiger partial charge in [0.1, 0.15) is 0 Å². The monoisotopic (exact) mass is 266 g/mol. The van der Waals surface area contributed by atoms with Crippen molar-refractivity contribution in [1.29, 1.82) is 0 Å². The van der Waals surface area contributed by atoms with Crippen molar-refractivity contribution in [3.63, 3.8) is 0 Å². The molecule has 0 bridgehead atoms. The van der Waals surface area contributed by atoms with Crippen LogP contribution in [0.25, 0.3) is 0 Å². The Labute approximate surface area is 110 Å². The summed E-state index contributed by atoms with van der Waals surface area (Å²) in [6, 6.07) is 0.398. The lowest BCUT2D eigenvalue weighted by Crippen LogP contribution is -2.25. The van der Waals surface area contributed by atoms with Crippen LogP contribution in [0.15, 0.2) is 11.1 Å². The molecule has 2 rings (SSSR count). The molecule has 1 aliphatic rings. The van der Waals surface area contributed by atoms with Crippen LogP contribution in [0.3, 0.4) is 0 Å². The molecule has 1 aromatic heterocycles. The van der Waals surface area contributed by atoms with Crippen LogP contribution >= 0.6 is 0 Å². The highest BCUT2D eigenvalue weighted by Gasteiger charge is 2.22. The van der Waals surface area contributed by atoms with E-state index in [1.54, 1.807) is 0 Å². The first kappa shape index (κ1) is 13.4. The number of amides is 1. The summed E-state index contributed by atoms with van der Waals surface area (Å²) in [5, 5.41) is 5.92. The number of aromatic amines is 1. The predicted octanol–water partition coefficient (Wildman–Crippen LogP) is 0.249. The van der Waals surface area contributed by atoms with E-state index in [-0.39, 0.29) is 17.2 Å². The molecule has 7 nitrogen and oxygen atoms in total. The minimum absolute atomic E-state index is 0.0788. The molecular weight excluding hydrogens is 248 g/mol. The number of ether oxygens (including phenoxy) is 1. The summed E-state index contributed by atoms with van der Waals surface area (Å²) in [6.45, 7) is 0.560. The number of aromatic nitrogens is 2. The number of hydrogen-bond acceptors (Lipinski definition) is 5. The second-order valence-corrected chi connectivity index (χ2v) is 4.49. The summed E-state index contributed by atoms with van der Waals surface area (Å²) in [6.07, 6.45) is 4.65. The van der Waals surface area contributed by atoms with Crippen LogP contribution in [0, 0.1) is 0 Å². The van der Waals surface area contributed by atoms with Gasteiger partial charge in [0.15, 0.2) is 5.82 Å². The SMILES string of the molecule is COc1c(NCCCC(=O)NC2CC2)nc[nH]c1=O. The molecule has 7 heteroatoms. The molecule has 0 aliphatic heterocycles. The van der Waals surface area contributed by atoms with Crippen molar-refractivity contribution in [2.75, 3.05) is 19.0 Å². The molecular formula is C12H18N4O3. The van der Waals surface area contributed by atoms with E-state index in [2.05, 4.69) is 20.6 Å². The fourth-order valence-electron chi connectivity index (χ4n) is 1.69. The zero-order chi connectivity index (χ0) is 13.7. The van der Waals surface area contributed by atoms with Crippen molar-refractivity contribution >= 4 is 11.7 Å². The molecule has 1 saturated carbocycles. The predicted molar refractivity (Wildman–Crippen MR) is 70.3 cm³/mol. The topological polar surface area (TPSA) is 96.1 Å². The molecule has 0 radical (unpaired) electrons. The van der Waals surface area contributed by atoms with E-state index in [1.165, 1.54) is 13.4 Å². The highest BCUT2D eigenvalue weighted by atomic mass is 16.5. The van der Waals surface area contributed by atoms with Gasteiger partial charge in [-0.15, -0.1) is 0 Å². The summed E-state index contributed by atoms with van der Waals surface area (Å²) in [5.74, 6) is 0.633. The maximum atomic E-state index is 11.4. The highest BCUT2D eigenvalue weighted by Crippen LogP contribution is 2.18. The summed E-state index contributed by atoms with van der Waals surface area (Å²) in [5.41, 5.74) is -0.327. The van der Waals surface area contributed by atoms with Crippen LogP contribution in [0.4, 0.5) is 5.82 Å². The normalized spacial score (nSPS) is 13.9. The molecule has 104 valence electrons. The second-order valence-electron chi connectivity index (χ2n) is 4.49. The number of hydrogen-bond donors (Lipinski definition) is 3. The van der Waals surface area contributed by atoms with Gasteiger partial charge in [-0.05, 0) is 19.3 Å². The minimum atomic E-state index is -0.327. The van der Waals surface area contributed by atoms with E-state index in [9.17, 15) is 9.59 Å². The molecule has 0 aromatic carbocycles. The number of anilines is 1. The summed E-state index contributed by atoms with van der Waals surface area (Å²) in [7, 11) is 1.42. The van der Waals surface area contributed by atoms with Gasteiger partial charge in [0.2, 0.25) is 11.7 Å². The zero-order valence-corrected chi connectivity index (χ0v) is 10.9. The van der Waals surface area contributed by atoms with Gasteiger partial charge in [-0.2, -0.15) is 0 Å². The van der Waals surface area contributed by atoms with E-state index in [4.69, 9.17) is 4.74 Å². The number of carbonyl (C=O) groups is 1. The van der Waals surface area contributed by atoms with Crippen LogP contribution < -0.4 is 20.9 Å². The minimum Gasteiger partial charge on any atom is -0.489 e. The van der Waals surface area contributed by atoms with Gasteiger partial charge in [-0.3, -0.25) is 9.59 Å². The molecule has 1 heterocycles. The zero-order valence-electron chi connectivity index (χ0n) is 10.9. The molecule has 1 amide bonds. The fraction of sp³-hybridized carbons (Fsp3) is 0.583. The van der Waals surface area contributed by atoms with Gasteiger partial charge in [-0.1, -0.05) is 0 Å². The molecule has 1 aromatic rings. The Morgan fingerprint density at radius 2 is 2.37 bits per heavy atom. The van der Waals surface area contributed by atoms with Crippen molar-refractivity contribution in [3.8, 4) is 5.75 Å². The largest absolute Gasteiger partial charge is 0.489 e. The molecule has 19 heavy (non-hydrogen) atoms. The van der Waals surface area contributed by atoms with E-state index >= 15 is 0 Å². The Morgan fingerprint density at radius 3 is 3.05 bits per heavy atom. The Hall–Kier alpha value is -2.05. The number of carbonyl (C=O) groups excluding carboxylic acids is 1. The van der Waals surface area contributed by atoms with E-state index in [1.807, 2.05) is 0 Å². The average Bonchev–Trinajstić information content (AvgIpc) is 3.18. The number of nitrogens with zero attached hydrogens (tertiary/aromatic N) is 1. The third kappa shape index (κ3) is 3.97. The first-order chi connectivity index (χ1) is 9.20. The molecule has 0 atom stereocenters. The van der Waals surface area contributed by atoms with Crippen molar-refractivity contribution in [3.05, 3.63) is 16.7 Å². The quantitative estimate of drug-likeness (QED) is 0.615. The van der Waals surface area contributed by atoms with Gasteiger partial charge in [0, 0.05) is 19.0 Å². The van der Waals surface area contributed by atoms with Crippen molar-refractivity contribution < 1.29 is 9.53 Å². The van der Waals surface area contributed by atoms with Crippen LogP contribution in [-0.4, -0.2) is 35.6 Å². The standard InChI is InChI=1S/C12H18N4O3/c1-19-10-11(14-7-15-12(10)18)13-6-2-3-9(17)16-8-4-5-8/h7-8H,2-6H2,1H3,(H,16,17)(H2,13,14,15,18). The molecule has 0 spiro atoms. The van der Waals surface area contributed by atoms with Gasteiger partial charge in [-0.25, -0.2) is 4.98 Å². The number of methoxy groups -OCH3 is 1. The molecule has 1 aliphatic carbocycles. The van der Waals surface area contributed by atoms with Gasteiger partial charge >= 0.3 is 0 Å². The average molecular weight is 266 g/mol. The first-order valence-electron chi connectivity index (χ1n) is 6.35. The van der Waals surface area contributed by atoms with Crippen LogP contribution in [-0.2, 0) is 4.79 Å². The molecule has 3 N–H and O–H groups in total. The van der Waals surface area contributed by atoms with Crippen molar-refractivity contribution in [2.45, 2.75) is 31.7 Å². The highest BCUT2D eigenvalue weighted by molar-refractivity contribution is 5.76. The third-order valence-corrected chi connectivity index (χ3v) is 2.83. The number of nitrogens with one attached hydrogen (secondary N) is 3. The van der Waals surface area contributed by atoms with E-state index in [0.29, 0.717) is 31.2 Å². The maximum absolute atomic E-state index is 11.4. The van der Waals surface area contributed by atoms with Crippen LogP contribution in [0.2, 0.25) is 0 Å². The molecule has 0 unspecified atom stereocenters. The van der Waals surface area contributed by atoms with Gasteiger partial charge in [0.05, 0.1) is 13.4 Å². The third-order valence-electron chi connectivity index (χ3n) is 2.83. The van der Waals surface area contributed by atoms with Crippen LogP contribution in [0.1, 0.15) is 25.7 Å². The Bertz CT molecular complexity index is 496. The Morgan fingerprint density at radius 1 is 1.58 bits per heavy atom. The van der Waals surface area contributed by atoms with Crippen molar-refractivity contribution in [1.82, 2.24) is 15.3 Å². The summed E-state index contributed by atoms with van der Waals surface area (Å²) in [4.78, 5) is 29.3. The Kier molecular flexibility index (Phi) is 4.38. The molecule has 0 saturated heterocycles. The Balaban J connectivity index is 1.74. The van der Waals surface area contributed by atoms with E-state index in [0.717, 1.165) is 12.8 Å². The number of H-pyrrole nitrogens is 1. The summed E-state index contributed by atoms with van der Waals surface area (Å²) < 4.78 is 4.97. The lowest BCUT2D eigenvalue weighted by Gasteiger charge is -2.08. The van der Waals surface area contributed by atoms with E-state index < -0.39 is 0 Å². The first-order valence-corrected chi connectivity index (χ1v) is 6.35. The smallest absolute Gasteiger partial charge is 0.295 e. The van der Waals surface area contributed by atoms with Gasteiger partial charge in [0.25, 0.3) is 5.56 Å². The van der Waals surface area contributed by atoms with Crippen molar-refractivity contribution in [2.24, 2.45) is 0 Å². The van der Waals surface area contributed by atoms with Crippen LogP contribution in [0.5, 0.6) is 5.75 Å². The summed E-state index contributed by atoms with van der Waals surface area (Å²) >= 11 is 0. The fourth-order valence-corrected chi connectivity index (χ4v) is 1.69. The number of rotatable bonds is 7. The molecule has 1 fully saturated rings. The second kappa shape index (κ2) is 6.21. The maximum Gasteiger partial charge on any atom is 0.295 e.